The summed E-state index contributed by atoms with van der Waals surface area (Å²) in [6.07, 6.45) is 3.15. The van der Waals surface area contributed by atoms with Crippen molar-refractivity contribution >= 4 is 5.91 Å². The molecular weight excluding hydrogens is 316 g/mol. The van der Waals surface area contributed by atoms with Gasteiger partial charge in [0.05, 0.1) is 6.20 Å². The van der Waals surface area contributed by atoms with Gasteiger partial charge in [-0.15, -0.1) is 0 Å². The van der Waals surface area contributed by atoms with E-state index in [9.17, 15) is 18.7 Å². The van der Waals surface area contributed by atoms with Crippen LogP contribution in [0.5, 0.6) is 0 Å². The van der Waals surface area contributed by atoms with Crippen molar-refractivity contribution in [3.8, 4) is 0 Å². The molecule has 0 aliphatic carbocycles. The molecule has 1 atom stereocenters. The highest BCUT2D eigenvalue weighted by molar-refractivity contribution is 5.82. The summed E-state index contributed by atoms with van der Waals surface area (Å²) < 4.78 is 27.9. The first-order chi connectivity index (χ1) is 11.5. The summed E-state index contributed by atoms with van der Waals surface area (Å²) in [5, 5.41) is 14.1. The van der Waals surface area contributed by atoms with E-state index in [1.165, 1.54) is 16.9 Å². The maximum atomic E-state index is 13.4. The number of carbonyl (C=O) groups excluding carboxylic acids is 1. The van der Waals surface area contributed by atoms with Crippen LogP contribution in [0.25, 0.3) is 0 Å². The number of nitrogens with zero attached hydrogens (tertiary/aromatic N) is 3. The Kier molecular flexibility index (Phi) is 4.62. The van der Waals surface area contributed by atoms with Crippen molar-refractivity contribution in [2.45, 2.75) is 24.9 Å². The van der Waals surface area contributed by atoms with Gasteiger partial charge in [0.1, 0.15) is 0 Å². The lowest BCUT2D eigenvalue weighted by molar-refractivity contribution is -0.141. The average Bonchev–Trinajstić information content (AvgIpc) is 3.02. The van der Waals surface area contributed by atoms with E-state index in [1.54, 1.807) is 24.2 Å². The third-order valence-electron chi connectivity index (χ3n) is 4.50. The van der Waals surface area contributed by atoms with Crippen molar-refractivity contribution in [2.24, 2.45) is 7.05 Å². The van der Waals surface area contributed by atoms with Gasteiger partial charge in [0.15, 0.2) is 17.7 Å². The maximum absolute atomic E-state index is 13.4. The molecule has 0 bridgehead atoms. The van der Waals surface area contributed by atoms with E-state index >= 15 is 0 Å². The molecule has 2 heterocycles. The molecule has 128 valence electrons. The second-order valence-corrected chi connectivity index (χ2v) is 6.12. The minimum absolute atomic E-state index is 0.0830. The first-order valence-corrected chi connectivity index (χ1v) is 7.86. The predicted octanol–water partition coefficient (Wildman–Crippen LogP) is 2.14. The van der Waals surface area contributed by atoms with Crippen molar-refractivity contribution in [1.82, 2.24) is 14.7 Å². The number of aliphatic hydroxyl groups is 1. The van der Waals surface area contributed by atoms with Gasteiger partial charge in [-0.05, 0) is 36.5 Å². The van der Waals surface area contributed by atoms with E-state index in [-0.39, 0.29) is 11.8 Å². The predicted molar refractivity (Wildman–Crippen MR) is 83.1 cm³/mol. The zero-order valence-corrected chi connectivity index (χ0v) is 13.3. The summed E-state index contributed by atoms with van der Waals surface area (Å²) in [7, 11) is 1.72. The van der Waals surface area contributed by atoms with Crippen LogP contribution >= 0.6 is 0 Å². The average molecular weight is 335 g/mol. The van der Waals surface area contributed by atoms with Gasteiger partial charge in [-0.2, -0.15) is 5.10 Å². The van der Waals surface area contributed by atoms with Crippen LogP contribution in [0, 0.1) is 11.6 Å². The quantitative estimate of drug-likeness (QED) is 0.935. The van der Waals surface area contributed by atoms with Crippen LogP contribution in [0.1, 0.15) is 36.0 Å². The SMILES string of the molecule is Cn1cc([C@@H](O)C(=O)N2CCC(c3ccc(F)c(F)c3)CC2)cn1. The standard InChI is InChI=1S/C17H19F2N3O2/c1-21-10-13(9-20-21)16(23)17(24)22-6-4-11(5-7-22)12-2-3-14(18)15(19)8-12/h2-3,8-11,16,23H,4-7H2,1H3/t16-/m1/s1. The second-order valence-electron chi connectivity index (χ2n) is 6.12. The maximum Gasteiger partial charge on any atom is 0.256 e. The number of aryl methyl sites for hydroxylation is 1. The van der Waals surface area contributed by atoms with Crippen molar-refractivity contribution in [3.63, 3.8) is 0 Å². The third kappa shape index (κ3) is 3.31. The van der Waals surface area contributed by atoms with Crippen LogP contribution in [0.3, 0.4) is 0 Å². The van der Waals surface area contributed by atoms with E-state index in [1.807, 2.05) is 0 Å². The molecule has 0 radical (unpaired) electrons. The lowest BCUT2D eigenvalue weighted by Crippen LogP contribution is -2.40. The van der Waals surface area contributed by atoms with E-state index in [0.29, 0.717) is 31.5 Å². The molecule has 1 amide bonds. The van der Waals surface area contributed by atoms with E-state index < -0.39 is 17.7 Å². The molecule has 0 unspecified atom stereocenters. The van der Waals surface area contributed by atoms with Gasteiger partial charge in [-0.3, -0.25) is 9.48 Å². The van der Waals surface area contributed by atoms with Gasteiger partial charge in [0, 0.05) is 31.9 Å². The number of aromatic nitrogens is 2. The zero-order valence-electron chi connectivity index (χ0n) is 13.3. The molecule has 1 aliphatic rings. The summed E-state index contributed by atoms with van der Waals surface area (Å²) in [5.74, 6) is -1.98. The van der Waals surface area contributed by atoms with Crippen LogP contribution in [0.15, 0.2) is 30.6 Å². The van der Waals surface area contributed by atoms with Gasteiger partial charge < -0.3 is 10.0 Å². The Morgan fingerprint density at radius 2 is 2.00 bits per heavy atom. The highest BCUT2D eigenvalue weighted by Gasteiger charge is 2.29. The molecule has 3 rings (SSSR count). The molecular formula is C17H19F2N3O2. The van der Waals surface area contributed by atoms with Crippen LogP contribution in [-0.2, 0) is 11.8 Å². The van der Waals surface area contributed by atoms with Crippen LogP contribution < -0.4 is 0 Å². The molecule has 2 aromatic rings. The molecule has 1 aromatic carbocycles. The summed E-state index contributed by atoms with van der Waals surface area (Å²) in [5.41, 5.74) is 1.21. The number of likely N-dealkylation sites (tertiary alicyclic amines) is 1. The molecule has 1 aromatic heterocycles. The molecule has 0 spiro atoms. The zero-order chi connectivity index (χ0) is 17.3. The normalized spacial score (nSPS) is 17.1. The van der Waals surface area contributed by atoms with E-state index in [2.05, 4.69) is 5.10 Å². The molecule has 24 heavy (non-hydrogen) atoms. The summed E-state index contributed by atoms with van der Waals surface area (Å²) in [6.45, 7) is 0.944. The minimum atomic E-state index is -1.22. The monoisotopic (exact) mass is 335 g/mol. The fourth-order valence-electron chi connectivity index (χ4n) is 3.10. The number of hydrogen-bond donors (Lipinski definition) is 1. The van der Waals surface area contributed by atoms with E-state index in [4.69, 9.17) is 0 Å². The first kappa shape index (κ1) is 16.6. The van der Waals surface area contributed by atoms with E-state index in [0.717, 1.165) is 11.6 Å². The molecule has 0 saturated carbocycles. The number of rotatable bonds is 3. The largest absolute Gasteiger partial charge is 0.378 e. The third-order valence-corrected chi connectivity index (χ3v) is 4.50. The highest BCUT2D eigenvalue weighted by atomic mass is 19.2. The fourth-order valence-corrected chi connectivity index (χ4v) is 3.10. The first-order valence-electron chi connectivity index (χ1n) is 7.86. The van der Waals surface area contributed by atoms with Gasteiger partial charge in [0.25, 0.3) is 5.91 Å². The van der Waals surface area contributed by atoms with Crippen molar-refractivity contribution in [3.05, 3.63) is 53.4 Å². The van der Waals surface area contributed by atoms with Crippen LogP contribution in [0.2, 0.25) is 0 Å². The Morgan fingerprint density at radius 1 is 1.29 bits per heavy atom. The molecule has 1 saturated heterocycles. The van der Waals surface area contributed by atoms with Crippen LogP contribution in [-0.4, -0.2) is 38.8 Å². The molecule has 1 aliphatic heterocycles. The highest BCUT2D eigenvalue weighted by Crippen LogP contribution is 2.30. The Balaban J connectivity index is 1.62. The Morgan fingerprint density at radius 3 is 2.58 bits per heavy atom. The molecule has 7 heteroatoms. The minimum Gasteiger partial charge on any atom is -0.378 e. The Bertz CT molecular complexity index is 739. The Hall–Kier alpha value is -2.28. The van der Waals surface area contributed by atoms with Crippen LogP contribution in [0.4, 0.5) is 8.78 Å². The Labute approximate surface area is 138 Å². The van der Waals surface area contributed by atoms with Gasteiger partial charge in [-0.25, -0.2) is 8.78 Å². The number of halogens is 2. The number of benzene rings is 1. The van der Waals surface area contributed by atoms with Crippen molar-refractivity contribution in [2.75, 3.05) is 13.1 Å². The molecule has 5 nitrogen and oxygen atoms in total. The second kappa shape index (κ2) is 6.68. The number of aliphatic hydroxyl groups excluding tert-OH is 1. The lowest BCUT2D eigenvalue weighted by atomic mass is 9.89. The van der Waals surface area contributed by atoms with Crippen molar-refractivity contribution < 1.29 is 18.7 Å². The molecule has 1 fully saturated rings. The summed E-state index contributed by atoms with van der Waals surface area (Å²) in [6, 6.07) is 3.95. The summed E-state index contributed by atoms with van der Waals surface area (Å²) in [4.78, 5) is 14.0. The van der Waals surface area contributed by atoms with Crippen molar-refractivity contribution in [1.29, 1.82) is 0 Å². The number of carbonyl (C=O) groups is 1. The smallest absolute Gasteiger partial charge is 0.256 e. The fraction of sp³-hybridized carbons (Fsp3) is 0.412. The van der Waals surface area contributed by atoms with Gasteiger partial charge in [0.2, 0.25) is 0 Å². The van der Waals surface area contributed by atoms with Gasteiger partial charge >= 0.3 is 0 Å². The van der Waals surface area contributed by atoms with Gasteiger partial charge in [-0.1, -0.05) is 6.07 Å². The number of amides is 1. The lowest BCUT2D eigenvalue weighted by Gasteiger charge is -2.33. The summed E-state index contributed by atoms with van der Waals surface area (Å²) >= 11 is 0. The number of hydrogen-bond acceptors (Lipinski definition) is 3. The topological polar surface area (TPSA) is 58.4 Å². The number of piperidine rings is 1. The molecule has 1 N–H and O–H groups in total.